The fourth-order valence-electron chi connectivity index (χ4n) is 2.82. The Labute approximate surface area is 163 Å². The number of carbonyl (C=O) groups is 2. The van der Waals surface area contributed by atoms with Gasteiger partial charge in [-0.15, -0.1) is 0 Å². The van der Waals surface area contributed by atoms with Gasteiger partial charge in [0.2, 0.25) is 5.91 Å². The van der Waals surface area contributed by atoms with Crippen LogP contribution in [0, 0.1) is 5.82 Å². The summed E-state index contributed by atoms with van der Waals surface area (Å²) in [6.45, 7) is 1.11. The number of amides is 1. The van der Waals surface area contributed by atoms with Crippen LogP contribution in [0.4, 0.5) is 4.39 Å². The van der Waals surface area contributed by atoms with E-state index >= 15 is 0 Å². The topological polar surface area (TPSA) is 72.6 Å². The van der Waals surface area contributed by atoms with Crippen LogP contribution >= 0.6 is 0 Å². The number of hydrogen-bond donors (Lipinski definition) is 1. The summed E-state index contributed by atoms with van der Waals surface area (Å²) < 4.78 is 19.7. The van der Waals surface area contributed by atoms with Gasteiger partial charge < -0.3 is 10.5 Å². The lowest BCUT2D eigenvalue weighted by molar-refractivity contribution is 0.0996. The summed E-state index contributed by atoms with van der Waals surface area (Å²) in [5.41, 5.74) is 6.05. The van der Waals surface area contributed by atoms with Crippen molar-refractivity contribution in [2.24, 2.45) is 5.73 Å². The zero-order chi connectivity index (χ0) is 20.1. The standard InChI is InChI=1S/C22H23FN2O3/c1-25(18-9-10-18)12-2-3-13-28-20-11-8-17(14-19(20)23)21(26)15-4-6-16(7-5-15)22(24)27/h2-8,11,14,18H,9-10,12-13H2,1H3,(H2,24,27). The van der Waals surface area contributed by atoms with Gasteiger partial charge >= 0.3 is 0 Å². The van der Waals surface area contributed by atoms with Gasteiger partial charge in [0.1, 0.15) is 6.61 Å². The Morgan fingerprint density at radius 1 is 1.11 bits per heavy atom. The van der Waals surface area contributed by atoms with Gasteiger partial charge in [-0.2, -0.15) is 0 Å². The number of nitrogens with zero attached hydrogens (tertiary/aromatic N) is 1. The van der Waals surface area contributed by atoms with E-state index in [0.29, 0.717) is 17.2 Å². The first-order chi connectivity index (χ1) is 13.5. The lowest BCUT2D eigenvalue weighted by Gasteiger charge is -2.12. The first-order valence-electron chi connectivity index (χ1n) is 9.18. The Hall–Kier alpha value is -2.99. The van der Waals surface area contributed by atoms with E-state index in [1.54, 1.807) is 0 Å². The van der Waals surface area contributed by atoms with Gasteiger partial charge in [-0.05, 0) is 50.2 Å². The molecule has 0 heterocycles. The molecule has 1 amide bonds. The molecule has 5 nitrogen and oxygen atoms in total. The highest BCUT2D eigenvalue weighted by molar-refractivity contribution is 6.09. The molecule has 0 saturated heterocycles. The van der Waals surface area contributed by atoms with Gasteiger partial charge in [0.25, 0.3) is 0 Å². The predicted molar refractivity (Wildman–Crippen MR) is 105 cm³/mol. The first-order valence-corrected chi connectivity index (χ1v) is 9.18. The molecule has 2 aromatic carbocycles. The van der Waals surface area contributed by atoms with Crippen LogP contribution in [0.2, 0.25) is 0 Å². The van der Waals surface area contributed by atoms with E-state index in [2.05, 4.69) is 11.9 Å². The number of nitrogens with two attached hydrogens (primary N) is 1. The van der Waals surface area contributed by atoms with Crippen LogP contribution in [-0.4, -0.2) is 42.8 Å². The molecule has 28 heavy (non-hydrogen) atoms. The average molecular weight is 382 g/mol. The van der Waals surface area contributed by atoms with Crippen LogP contribution in [0.5, 0.6) is 5.75 Å². The summed E-state index contributed by atoms with van der Waals surface area (Å²) >= 11 is 0. The Morgan fingerprint density at radius 2 is 1.75 bits per heavy atom. The van der Waals surface area contributed by atoms with E-state index in [4.69, 9.17) is 10.5 Å². The molecule has 6 heteroatoms. The smallest absolute Gasteiger partial charge is 0.248 e. The number of ketones is 1. The monoisotopic (exact) mass is 382 g/mol. The number of rotatable bonds is 9. The third kappa shape index (κ3) is 5.04. The molecule has 0 unspecified atom stereocenters. The zero-order valence-electron chi connectivity index (χ0n) is 15.7. The van der Waals surface area contributed by atoms with Crippen molar-refractivity contribution in [3.63, 3.8) is 0 Å². The summed E-state index contributed by atoms with van der Waals surface area (Å²) in [4.78, 5) is 25.8. The molecule has 1 aliphatic carbocycles. The minimum atomic E-state index is -0.594. The highest BCUT2D eigenvalue weighted by Gasteiger charge is 2.24. The molecule has 0 spiro atoms. The number of halogens is 1. The third-order valence-electron chi connectivity index (χ3n) is 4.69. The normalized spacial score (nSPS) is 13.8. The number of likely N-dealkylation sites (N-methyl/N-ethyl adjacent to an activating group) is 1. The van der Waals surface area contributed by atoms with Crippen molar-refractivity contribution < 1.29 is 18.7 Å². The molecule has 2 N–H and O–H groups in total. The minimum absolute atomic E-state index is 0.0980. The van der Waals surface area contributed by atoms with Crippen molar-refractivity contribution in [2.75, 3.05) is 20.2 Å². The Morgan fingerprint density at radius 3 is 2.36 bits per heavy atom. The first kappa shape index (κ1) is 19.8. The Balaban J connectivity index is 1.57. The van der Waals surface area contributed by atoms with Gasteiger partial charge in [-0.1, -0.05) is 24.3 Å². The predicted octanol–water partition coefficient (Wildman–Crippen LogP) is 3.18. The molecule has 0 radical (unpaired) electrons. The minimum Gasteiger partial charge on any atom is -0.486 e. The summed E-state index contributed by atoms with van der Waals surface area (Å²) in [6.07, 6.45) is 6.38. The van der Waals surface area contributed by atoms with Gasteiger partial charge in [0.15, 0.2) is 17.3 Å². The summed E-state index contributed by atoms with van der Waals surface area (Å²) in [5, 5.41) is 0. The maximum atomic E-state index is 14.3. The molecular formula is C22H23FN2O3. The Bertz CT molecular complexity index is 889. The lowest BCUT2D eigenvalue weighted by Crippen LogP contribution is -2.20. The quantitative estimate of drug-likeness (QED) is 0.534. The fraction of sp³-hybridized carbons (Fsp3) is 0.273. The van der Waals surface area contributed by atoms with Crippen LogP contribution < -0.4 is 10.5 Å². The molecule has 3 rings (SSSR count). The van der Waals surface area contributed by atoms with Crippen LogP contribution in [0.15, 0.2) is 54.6 Å². The van der Waals surface area contributed by atoms with E-state index in [-0.39, 0.29) is 23.7 Å². The molecule has 0 aliphatic heterocycles. The van der Waals surface area contributed by atoms with Crippen molar-refractivity contribution in [1.29, 1.82) is 0 Å². The fourth-order valence-corrected chi connectivity index (χ4v) is 2.82. The molecule has 1 fully saturated rings. The van der Waals surface area contributed by atoms with Crippen molar-refractivity contribution >= 4 is 11.7 Å². The van der Waals surface area contributed by atoms with Crippen molar-refractivity contribution in [3.05, 3.63) is 77.1 Å². The van der Waals surface area contributed by atoms with E-state index in [1.807, 2.05) is 12.2 Å². The molecule has 1 aliphatic rings. The molecular weight excluding hydrogens is 359 g/mol. The van der Waals surface area contributed by atoms with E-state index < -0.39 is 11.7 Å². The highest BCUT2D eigenvalue weighted by atomic mass is 19.1. The molecule has 0 aromatic heterocycles. The van der Waals surface area contributed by atoms with E-state index in [1.165, 1.54) is 49.2 Å². The maximum absolute atomic E-state index is 14.3. The van der Waals surface area contributed by atoms with E-state index in [9.17, 15) is 14.0 Å². The zero-order valence-corrected chi connectivity index (χ0v) is 15.7. The summed E-state index contributed by atoms with van der Waals surface area (Å²) in [5.74, 6) is -1.41. The van der Waals surface area contributed by atoms with E-state index in [0.717, 1.165) is 12.6 Å². The molecule has 1 saturated carbocycles. The molecule has 2 aromatic rings. The van der Waals surface area contributed by atoms with Gasteiger partial charge in [-0.3, -0.25) is 14.5 Å². The largest absolute Gasteiger partial charge is 0.486 e. The number of primary amides is 1. The number of carbonyl (C=O) groups excluding carboxylic acids is 2. The average Bonchev–Trinajstić information content (AvgIpc) is 3.53. The maximum Gasteiger partial charge on any atom is 0.248 e. The van der Waals surface area contributed by atoms with Gasteiger partial charge in [0.05, 0.1) is 0 Å². The van der Waals surface area contributed by atoms with Gasteiger partial charge in [0, 0.05) is 29.3 Å². The molecule has 0 atom stereocenters. The van der Waals surface area contributed by atoms with Gasteiger partial charge in [-0.25, -0.2) is 4.39 Å². The van der Waals surface area contributed by atoms with Crippen LogP contribution in [0.1, 0.15) is 39.1 Å². The second kappa shape index (κ2) is 8.80. The molecule has 0 bridgehead atoms. The Kier molecular flexibility index (Phi) is 6.21. The highest BCUT2D eigenvalue weighted by Crippen LogP contribution is 2.25. The van der Waals surface area contributed by atoms with Crippen LogP contribution in [-0.2, 0) is 0 Å². The molecule has 146 valence electrons. The number of hydrogen-bond acceptors (Lipinski definition) is 4. The SMILES string of the molecule is CN(CC=CCOc1ccc(C(=O)c2ccc(C(N)=O)cc2)cc1F)C1CC1. The van der Waals surface area contributed by atoms with Crippen molar-refractivity contribution in [1.82, 2.24) is 4.90 Å². The second-order valence-electron chi connectivity index (χ2n) is 6.87. The third-order valence-corrected chi connectivity index (χ3v) is 4.69. The number of ether oxygens (including phenoxy) is 1. The van der Waals surface area contributed by atoms with Crippen molar-refractivity contribution in [2.45, 2.75) is 18.9 Å². The lowest BCUT2D eigenvalue weighted by atomic mass is 10.0. The van der Waals surface area contributed by atoms with Crippen LogP contribution in [0.3, 0.4) is 0 Å². The summed E-state index contributed by atoms with van der Waals surface area (Å²) in [7, 11) is 2.08. The summed E-state index contributed by atoms with van der Waals surface area (Å²) in [6, 6.07) is 10.7. The van der Waals surface area contributed by atoms with Crippen molar-refractivity contribution in [3.8, 4) is 5.75 Å². The van der Waals surface area contributed by atoms with Crippen LogP contribution in [0.25, 0.3) is 0 Å². The second-order valence-corrected chi connectivity index (χ2v) is 6.87. The number of benzene rings is 2.